The number of hydrogen-bond donors (Lipinski definition) is 5. The zero-order chi connectivity index (χ0) is 42.9. The minimum atomic E-state index is -1.20. The molecule has 57 heavy (non-hydrogen) atoms. The molecule has 4 heterocycles. The van der Waals surface area contributed by atoms with E-state index in [-0.39, 0.29) is 43.4 Å². The monoisotopic (exact) mass is 867 g/mol. The Morgan fingerprint density at radius 3 is 1.61 bits per heavy atom. The molecule has 0 bridgehead atoms. The third-order valence-corrected chi connectivity index (χ3v) is 11.0. The van der Waals surface area contributed by atoms with Crippen LogP contribution in [0.1, 0.15) is 115 Å². The van der Waals surface area contributed by atoms with E-state index in [4.69, 9.17) is 59.2 Å². The van der Waals surface area contributed by atoms with E-state index in [1.54, 1.807) is 78.4 Å². The standard InChI is InChI=1S/C22H28Cl2N4O3.C16H18Cl2N4O2.2CH4/c1-21(2,3)9-17(29)27-10-15-18(20(25)30)19(12-6-7-13(23)14(24)8-12)26-28(15)16(11-27)22(4,5)31;1-16(2,24)12-7-20-6-11-13(15(19)23)14(21-22(11)12)8-3-4-9(17)10(18)5-8;;/h6-8,16,31H,9-11H2,1-5H3,(H2,25,30);3-5,12,20,24H,6-7H2,1-2H3,(H2,19,23);2*1H4/i;;1D;. The molecule has 0 spiro atoms. The zero-order valence-electron chi connectivity index (χ0n) is 33.7. The van der Waals surface area contributed by atoms with Crippen molar-refractivity contribution in [2.75, 3.05) is 13.1 Å². The maximum atomic E-state index is 13.0. The van der Waals surface area contributed by atoms with Crippen molar-refractivity contribution in [3.05, 3.63) is 79.0 Å². The molecule has 2 aliphatic heterocycles. The van der Waals surface area contributed by atoms with Gasteiger partial charge in [-0.25, -0.2) is 0 Å². The van der Waals surface area contributed by atoms with Crippen molar-refractivity contribution < 1.29 is 26.0 Å². The summed E-state index contributed by atoms with van der Waals surface area (Å²) in [5, 5.41) is 35.2. The van der Waals surface area contributed by atoms with Gasteiger partial charge in [0.1, 0.15) is 11.4 Å². The lowest BCUT2D eigenvalue weighted by Gasteiger charge is -2.40. The SMILES string of the molecule is C.CC(C)(C)CC(=O)N1Cc2c(C(N)=O)c(-c3ccc(Cl)c(Cl)c3)nn2C(C(C)(C)O)C1.CC(C)(O)C1CNCc2c(C(N)=O)c(-c3ccc(Cl)c(Cl)c3)nn21.[2H]C. The summed E-state index contributed by atoms with van der Waals surface area (Å²) in [6.45, 7) is 14.1. The molecule has 0 fully saturated rings. The molecule has 0 radical (unpaired) electrons. The number of benzene rings is 2. The predicted octanol–water partition coefficient (Wildman–Crippen LogP) is 7.69. The van der Waals surface area contributed by atoms with Crippen molar-refractivity contribution in [3.63, 3.8) is 0 Å². The van der Waals surface area contributed by atoms with E-state index in [1.165, 1.54) is 7.40 Å². The first-order chi connectivity index (χ1) is 26.4. The van der Waals surface area contributed by atoms with E-state index in [1.807, 2.05) is 20.8 Å². The van der Waals surface area contributed by atoms with Crippen LogP contribution in [0.3, 0.4) is 0 Å². The van der Waals surface area contributed by atoms with E-state index in [0.717, 1.165) is 0 Å². The molecule has 0 saturated carbocycles. The van der Waals surface area contributed by atoms with Crippen LogP contribution in [0.4, 0.5) is 0 Å². The fraction of sp³-hybridized carbons (Fsp3) is 0.475. The van der Waals surface area contributed by atoms with E-state index in [9.17, 15) is 24.6 Å². The molecule has 17 heteroatoms. The molecule has 4 aromatic rings. The second-order valence-electron chi connectivity index (χ2n) is 16.2. The fourth-order valence-corrected chi connectivity index (χ4v) is 7.35. The van der Waals surface area contributed by atoms with Gasteiger partial charge in [0.25, 0.3) is 11.8 Å². The molecule has 6 rings (SSSR count). The highest BCUT2D eigenvalue weighted by Gasteiger charge is 2.41. The molecule has 13 nitrogen and oxygen atoms in total. The van der Waals surface area contributed by atoms with Gasteiger partial charge in [-0.3, -0.25) is 23.7 Å². The van der Waals surface area contributed by atoms with Gasteiger partial charge in [0, 0.05) is 38.6 Å². The summed E-state index contributed by atoms with van der Waals surface area (Å²) < 4.78 is 9.06. The van der Waals surface area contributed by atoms with Crippen LogP contribution in [0.5, 0.6) is 0 Å². The van der Waals surface area contributed by atoms with Crippen LogP contribution in [0.2, 0.25) is 20.1 Å². The highest BCUT2D eigenvalue weighted by Crippen LogP contribution is 2.38. The Morgan fingerprint density at radius 2 is 1.21 bits per heavy atom. The number of hydrogen-bond acceptors (Lipinski definition) is 8. The summed E-state index contributed by atoms with van der Waals surface area (Å²) in [5.74, 6) is -1.29. The van der Waals surface area contributed by atoms with Crippen LogP contribution < -0.4 is 16.8 Å². The normalized spacial score (nSPS) is 16.7. The van der Waals surface area contributed by atoms with Crippen molar-refractivity contribution in [2.24, 2.45) is 16.9 Å². The van der Waals surface area contributed by atoms with Gasteiger partial charge in [0.2, 0.25) is 5.91 Å². The maximum absolute atomic E-state index is 13.0. The van der Waals surface area contributed by atoms with Gasteiger partial charge in [0.05, 0.1) is 72.4 Å². The largest absolute Gasteiger partial charge is 0.388 e. The van der Waals surface area contributed by atoms with Crippen LogP contribution >= 0.6 is 46.4 Å². The molecule has 2 atom stereocenters. The van der Waals surface area contributed by atoms with Gasteiger partial charge in [-0.05, 0) is 57.4 Å². The van der Waals surface area contributed by atoms with Gasteiger partial charge in [-0.1, -0.05) is 94.1 Å². The molecule has 312 valence electrons. The molecule has 2 unspecified atom stereocenters. The smallest absolute Gasteiger partial charge is 0.252 e. The van der Waals surface area contributed by atoms with Crippen LogP contribution in [0.15, 0.2) is 36.4 Å². The number of nitrogens with zero attached hydrogens (tertiary/aromatic N) is 5. The molecule has 2 aromatic heterocycles. The van der Waals surface area contributed by atoms with Crippen LogP contribution in [0.25, 0.3) is 22.5 Å². The van der Waals surface area contributed by atoms with E-state index in [0.29, 0.717) is 79.1 Å². The van der Waals surface area contributed by atoms with Crippen molar-refractivity contribution in [1.82, 2.24) is 29.8 Å². The maximum Gasteiger partial charge on any atom is 0.252 e. The Bertz CT molecular complexity index is 2150. The van der Waals surface area contributed by atoms with E-state index >= 15 is 0 Å². The van der Waals surface area contributed by atoms with Crippen molar-refractivity contribution >= 4 is 64.1 Å². The molecule has 2 aromatic carbocycles. The summed E-state index contributed by atoms with van der Waals surface area (Å²) >= 11 is 24.3. The quantitative estimate of drug-likeness (QED) is 0.125. The summed E-state index contributed by atoms with van der Waals surface area (Å²) in [6, 6.07) is 9.09. The number of fused-ring (bicyclic) bond motifs is 2. The highest BCUT2D eigenvalue weighted by molar-refractivity contribution is 6.42. The van der Waals surface area contributed by atoms with E-state index < -0.39 is 29.1 Å². The average molecular weight is 870 g/mol. The summed E-state index contributed by atoms with van der Waals surface area (Å²) in [7, 11) is 1.25. The minimum Gasteiger partial charge on any atom is -0.388 e. The summed E-state index contributed by atoms with van der Waals surface area (Å²) in [5.41, 5.74) is 12.6. The van der Waals surface area contributed by atoms with Gasteiger partial charge >= 0.3 is 0 Å². The second-order valence-corrected chi connectivity index (χ2v) is 17.8. The molecule has 0 saturated heterocycles. The molecular formula is C40H54Cl4N8O5. The number of nitrogens with two attached hydrogens (primary N) is 2. The number of amides is 3. The minimum absolute atomic E-state index is 0. The number of rotatable bonds is 7. The molecule has 7 N–H and O–H groups in total. The third-order valence-electron chi connectivity index (χ3n) is 9.52. The van der Waals surface area contributed by atoms with Crippen molar-refractivity contribution in [3.8, 4) is 22.5 Å². The van der Waals surface area contributed by atoms with Crippen LogP contribution in [0, 0.1) is 5.41 Å². The van der Waals surface area contributed by atoms with Gasteiger partial charge in [-0.15, -0.1) is 0 Å². The van der Waals surface area contributed by atoms with Crippen molar-refractivity contribution in [1.29, 1.82) is 0 Å². The van der Waals surface area contributed by atoms with Gasteiger partial charge in [0.15, 0.2) is 0 Å². The Hall–Kier alpha value is -3.69. The Labute approximate surface area is 356 Å². The summed E-state index contributed by atoms with van der Waals surface area (Å²) in [4.78, 5) is 39.2. The number of aliphatic hydroxyl groups is 2. The zero-order valence-corrected chi connectivity index (χ0v) is 35.7. The van der Waals surface area contributed by atoms with E-state index in [2.05, 4.69) is 15.5 Å². The number of aromatic nitrogens is 4. The summed E-state index contributed by atoms with van der Waals surface area (Å²) in [6.07, 6.45) is 0.339. The predicted molar refractivity (Wildman–Crippen MR) is 228 cm³/mol. The van der Waals surface area contributed by atoms with Crippen LogP contribution in [-0.2, 0) is 17.9 Å². The number of halogens is 4. The number of nitrogens with one attached hydrogen (secondary N) is 1. The third kappa shape index (κ3) is 10.3. The van der Waals surface area contributed by atoms with Crippen LogP contribution in [-0.4, -0.2) is 76.7 Å². The fourth-order valence-electron chi connectivity index (χ4n) is 6.76. The molecule has 3 amide bonds. The first-order valence-corrected chi connectivity index (χ1v) is 19.1. The Kier molecular flexibility index (Phi) is 14.3. The van der Waals surface area contributed by atoms with Gasteiger partial charge in [-0.2, -0.15) is 10.2 Å². The lowest BCUT2D eigenvalue weighted by Crippen LogP contribution is -2.49. The Balaban J connectivity index is 0.000000301. The Morgan fingerprint density at radius 1 is 0.772 bits per heavy atom. The molecular weight excluding hydrogens is 814 g/mol. The first-order valence-electron chi connectivity index (χ1n) is 18.6. The van der Waals surface area contributed by atoms with Crippen molar-refractivity contribution in [2.45, 2.75) is 106 Å². The lowest BCUT2D eigenvalue weighted by atomic mass is 9.90. The number of carbonyl (C=O) groups excluding carboxylic acids is 3. The molecule has 2 aliphatic rings. The second kappa shape index (κ2) is 17.7. The topological polar surface area (TPSA) is 195 Å². The average Bonchev–Trinajstić information content (AvgIpc) is 3.69. The highest BCUT2D eigenvalue weighted by atomic mass is 35.5. The lowest BCUT2D eigenvalue weighted by molar-refractivity contribution is -0.137. The first kappa shape index (κ1) is 46.0. The number of primary amides is 2. The number of carbonyl (C=O) groups is 3. The molecule has 0 aliphatic carbocycles. The van der Waals surface area contributed by atoms with Gasteiger partial charge < -0.3 is 31.9 Å².